The van der Waals surface area contributed by atoms with E-state index in [1.807, 2.05) is 57.7 Å². The number of furan rings is 1. The number of pyridine rings is 1. The first-order chi connectivity index (χ1) is 16.6. The third-order valence-electron chi connectivity index (χ3n) is 5.93. The summed E-state index contributed by atoms with van der Waals surface area (Å²) in [7, 11) is 1.67. The van der Waals surface area contributed by atoms with Crippen molar-refractivity contribution in [2.75, 3.05) is 19.0 Å². The summed E-state index contributed by atoms with van der Waals surface area (Å²) in [5, 5.41) is 5.13. The molecule has 35 heavy (non-hydrogen) atoms. The van der Waals surface area contributed by atoms with Crippen molar-refractivity contribution in [3.63, 3.8) is 0 Å². The Labute approximate surface area is 219 Å². The van der Waals surface area contributed by atoms with E-state index in [0.717, 1.165) is 56.7 Å². The first-order valence-electron chi connectivity index (χ1n) is 11.7. The largest absolute Gasteiger partial charge is 0.496 e. The molecule has 1 unspecified atom stereocenters. The van der Waals surface area contributed by atoms with Gasteiger partial charge in [-0.05, 0) is 87.5 Å². The fraction of sp³-hybridized carbons (Fsp3) is 0.462. The molecule has 2 aromatic heterocycles. The van der Waals surface area contributed by atoms with Crippen LogP contribution < -0.4 is 10.1 Å². The smallest absolute Gasteiger partial charge is 0.411 e. The van der Waals surface area contributed by atoms with Crippen molar-refractivity contribution in [1.82, 2.24) is 9.88 Å². The highest BCUT2D eigenvalue weighted by molar-refractivity contribution is 9.10. The number of hydrogen-bond donors (Lipinski definition) is 1. The van der Waals surface area contributed by atoms with Gasteiger partial charge in [0, 0.05) is 17.8 Å². The lowest BCUT2D eigenvalue weighted by Gasteiger charge is -2.36. The normalized spacial score (nSPS) is 16.4. The van der Waals surface area contributed by atoms with E-state index >= 15 is 0 Å². The van der Waals surface area contributed by atoms with Crippen LogP contribution in [0.3, 0.4) is 0 Å². The molecule has 1 atom stereocenters. The minimum absolute atomic E-state index is 0.0708. The molecule has 0 saturated carbocycles. The van der Waals surface area contributed by atoms with Crippen LogP contribution in [0, 0.1) is 13.8 Å². The molecule has 1 saturated heterocycles. The number of nitrogens with one attached hydrogen (secondary N) is 1. The summed E-state index contributed by atoms with van der Waals surface area (Å²) >= 11 is 5.27. The number of halogens is 1. The van der Waals surface area contributed by atoms with Crippen molar-refractivity contribution in [2.24, 2.45) is 0 Å². The van der Waals surface area contributed by atoms with Gasteiger partial charge in [-0.1, -0.05) is 17.8 Å². The number of methoxy groups -OCH3 is 1. The van der Waals surface area contributed by atoms with Crippen LogP contribution >= 0.6 is 27.7 Å². The molecule has 1 amide bonds. The summed E-state index contributed by atoms with van der Waals surface area (Å²) in [5.41, 5.74) is 3.18. The van der Waals surface area contributed by atoms with Crippen molar-refractivity contribution in [3.8, 4) is 5.75 Å². The molecule has 0 bridgehead atoms. The molecule has 1 fully saturated rings. The van der Waals surface area contributed by atoms with Crippen LogP contribution in [0.1, 0.15) is 51.2 Å². The van der Waals surface area contributed by atoms with Gasteiger partial charge in [0.15, 0.2) is 5.58 Å². The monoisotopic (exact) mass is 561 g/mol. The predicted molar refractivity (Wildman–Crippen MR) is 144 cm³/mol. The highest BCUT2D eigenvalue weighted by Crippen LogP contribution is 2.42. The van der Waals surface area contributed by atoms with Crippen LogP contribution in [0.15, 0.2) is 38.4 Å². The quantitative estimate of drug-likeness (QED) is 0.340. The highest BCUT2D eigenvalue weighted by Gasteiger charge is 2.32. The van der Waals surface area contributed by atoms with Gasteiger partial charge in [-0.15, -0.1) is 0 Å². The Morgan fingerprint density at radius 1 is 1.26 bits per heavy atom. The van der Waals surface area contributed by atoms with E-state index in [9.17, 15) is 4.79 Å². The lowest BCUT2D eigenvalue weighted by molar-refractivity contribution is 0.0186. The number of thioether (sulfide) groups is 1. The van der Waals surface area contributed by atoms with E-state index in [-0.39, 0.29) is 11.5 Å². The van der Waals surface area contributed by atoms with Gasteiger partial charge in [-0.3, -0.25) is 4.90 Å². The van der Waals surface area contributed by atoms with Crippen LogP contribution in [-0.4, -0.2) is 40.6 Å². The standard InChI is InChI=1S/C26H32BrN3O4S/c1-15-10-11-18(32-6)16(2)21(15)28-23-20(27)22-17(12-14-33-22)24(29-23)35-19-9-7-8-13-30(19)25(31)34-26(3,4)5/h10-12,14,19H,7-9,13H2,1-6H3,(H,28,29). The van der Waals surface area contributed by atoms with Gasteiger partial charge in [0.1, 0.15) is 26.7 Å². The number of likely N-dealkylation sites (tertiary alicyclic amines) is 1. The van der Waals surface area contributed by atoms with Crippen molar-refractivity contribution < 1.29 is 18.7 Å². The zero-order valence-electron chi connectivity index (χ0n) is 21.0. The predicted octanol–water partition coefficient (Wildman–Crippen LogP) is 7.80. The maximum atomic E-state index is 12.9. The van der Waals surface area contributed by atoms with Crippen molar-refractivity contribution >= 4 is 56.3 Å². The number of anilines is 2. The van der Waals surface area contributed by atoms with E-state index < -0.39 is 5.60 Å². The first-order valence-corrected chi connectivity index (χ1v) is 13.4. The van der Waals surface area contributed by atoms with Gasteiger partial charge in [0.2, 0.25) is 0 Å². The van der Waals surface area contributed by atoms with Crippen LogP contribution in [0.5, 0.6) is 5.75 Å². The lowest BCUT2D eigenvalue weighted by atomic mass is 10.1. The third-order valence-corrected chi connectivity index (χ3v) is 7.96. The van der Waals surface area contributed by atoms with Crippen molar-refractivity contribution in [1.29, 1.82) is 0 Å². The van der Waals surface area contributed by atoms with Gasteiger partial charge < -0.3 is 19.2 Å². The Bertz CT molecular complexity index is 1240. The molecular formula is C26H32BrN3O4S. The van der Waals surface area contributed by atoms with Crippen LogP contribution in [0.2, 0.25) is 0 Å². The molecule has 4 rings (SSSR count). The van der Waals surface area contributed by atoms with E-state index in [4.69, 9.17) is 18.9 Å². The maximum absolute atomic E-state index is 12.9. The number of fused-ring (bicyclic) bond motifs is 1. The van der Waals surface area contributed by atoms with E-state index in [1.54, 1.807) is 25.1 Å². The molecule has 1 aromatic carbocycles. The van der Waals surface area contributed by atoms with Gasteiger partial charge in [0.05, 0.1) is 24.1 Å². The minimum atomic E-state index is -0.541. The summed E-state index contributed by atoms with van der Waals surface area (Å²) in [6, 6.07) is 5.90. The number of nitrogens with zero attached hydrogens (tertiary/aromatic N) is 2. The zero-order valence-corrected chi connectivity index (χ0v) is 23.4. The van der Waals surface area contributed by atoms with E-state index in [0.29, 0.717) is 17.9 Å². The van der Waals surface area contributed by atoms with Gasteiger partial charge in [0.25, 0.3) is 0 Å². The number of aryl methyl sites for hydroxylation is 1. The Balaban J connectivity index is 1.69. The number of carbonyl (C=O) groups is 1. The number of hydrogen-bond acceptors (Lipinski definition) is 7. The summed E-state index contributed by atoms with van der Waals surface area (Å²) in [4.78, 5) is 19.8. The maximum Gasteiger partial charge on any atom is 0.411 e. The van der Waals surface area contributed by atoms with Crippen molar-refractivity contribution in [2.45, 2.75) is 69.9 Å². The Hall–Kier alpha value is -2.39. The Kier molecular flexibility index (Phi) is 7.57. The number of amides is 1. The molecule has 1 aliphatic heterocycles. The molecule has 1 aliphatic rings. The van der Waals surface area contributed by atoms with Crippen LogP contribution in [0.4, 0.5) is 16.3 Å². The number of piperidine rings is 1. The van der Waals surface area contributed by atoms with Crippen LogP contribution in [-0.2, 0) is 4.74 Å². The SMILES string of the molecule is COc1ccc(C)c(Nc2nc(SC3CCCCN3C(=O)OC(C)(C)C)c3ccoc3c2Br)c1C. The molecule has 3 heterocycles. The second-order valence-electron chi connectivity index (χ2n) is 9.69. The van der Waals surface area contributed by atoms with E-state index in [2.05, 4.69) is 21.2 Å². The molecule has 1 N–H and O–H groups in total. The fourth-order valence-corrected chi connectivity index (χ4v) is 5.97. The van der Waals surface area contributed by atoms with Gasteiger partial charge >= 0.3 is 6.09 Å². The zero-order chi connectivity index (χ0) is 25.3. The summed E-state index contributed by atoms with van der Waals surface area (Å²) in [6.45, 7) is 10.4. The van der Waals surface area contributed by atoms with Crippen molar-refractivity contribution in [3.05, 3.63) is 40.1 Å². The van der Waals surface area contributed by atoms with E-state index in [1.165, 1.54) is 0 Å². The number of ether oxygens (including phenoxy) is 2. The summed E-state index contributed by atoms with van der Waals surface area (Å²) in [6.07, 6.45) is 4.27. The molecule has 0 radical (unpaired) electrons. The lowest BCUT2D eigenvalue weighted by Crippen LogP contribution is -2.44. The highest BCUT2D eigenvalue weighted by atomic mass is 79.9. The molecule has 0 spiro atoms. The van der Waals surface area contributed by atoms with Crippen LogP contribution in [0.25, 0.3) is 11.0 Å². The Morgan fingerprint density at radius 2 is 2.03 bits per heavy atom. The third kappa shape index (κ3) is 5.56. The molecule has 7 nitrogen and oxygen atoms in total. The first kappa shape index (κ1) is 25.7. The second-order valence-corrected chi connectivity index (χ2v) is 11.7. The fourth-order valence-electron chi connectivity index (χ4n) is 4.18. The molecule has 0 aliphatic carbocycles. The van der Waals surface area contributed by atoms with Gasteiger partial charge in [-0.25, -0.2) is 9.78 Å². The number of carbonyl (C=O) groups excluding carboxylic acids is 1. The number of rotatable bonds is 5. The Morgan fingerprint density at radius 3 is 2.74 bits per heavy atom. The average molecular weight is 563 g/mol. The number of benzene rings is 1. The minimum Gasteiger partial charge on any atom is -0.496 e. The molecule has 3 aromatic rings. The number of aromatic nitrogens is 1. The average Bonchev–Trinajstić information content (AvgIpc) is 3.29. The molecule has 188 valence electrons. The summed E-state index contributed by atoms with van der Waals surface area (Å²) in [5.74, 6) is 1.45. The summed E-state index contributed by atoms with van der Waals surface area (Å²) < 4.78 is 17.8. The topological polar surface area (TPSA) is 76.8 Å². The molecule has 9 heteroatoms. The molecular weight excluding hydrogens is 530 g/mol. The second kappa shape index (κ2) is 10.3. The van der Waals surface area contributed by atoms with Gasteiger partial charge in [-0.2, -0.15) is 0 Å².